The maximum Gasteiger partial charge on any atom is 0.268 e. The van der Waals surface area contributed by atoms with E-state index in [-0.39, 0.29) is 5.57 Å². The first-order valence-electron chi connectivity index (χ1n) is 12.2. The summed E-state index contributed by atoms with van der Waals surface area (Å²) in [5.74, 6) is 0.271. The van der Waals surface area contributed by atoms with Crippen molar-refractivity contribution in [1.29, 1.82) is 5.26 Å². The van der Waals surface area contributed by atoms with Gasteiger partial charge in [-0.25, -0.2) is 4.98 Å². The first kappa shape index (κ1) is 24.4. The number of nitrogens with zero attached hydrogens (tertiary/aromatic N) is 2. The number of aromatic nitrogens is 1. The number of benzene rings is 3. The highest BCUT2D eigenvalue weighted by Gasteiger charge is 2.24. The second-order valence-corrected chi connectivity index (χ2v) is 10.0. The van der Waals surface area contributed by atoms with Crippen molar-refractivity contribution in [2.75, 3.05) is 11.9 Å². The van der Waals surface area contributed by atoms with E-state index in [0.717, 1.165) is 48.6 Å². The molecule has 5 rings (SSSR count). The normalized spacial score (nSPS) is 14.9. The molecule has 1 aromatic heterocycles. The van der Waals surface area contributed by atoms with Gasteiger partial charge in [0.1, 0.15) is 42.8 Å². The molecule has 1 amide bonds. The highest BCUT2D eigenvalue weighted by Crippen LogP contribution is 2.25. The van der Waals surface area contributed by atoms with Crippen molar-refractivity contribution in [3.05, 3.63) is 118 Å². The summed E-state index contributed by atoms with van der Waals surface area (Å²) in [5, 5.41) is 13.0. The van der Waals surface area contributed by atoms with Crippen LogP contribution in [0.1, 0.15) is 27.3 Å². The third-order valence-electron chi connectivity index (χ3n) is 6.22. The van der Waals surface area contributed by atoms with E-state index in [1.165, 1.54) is 26.7 Å². The number of rotatable bonds is 8. The minimum atomic E-state index is -0.452. The van der Waals surface area contributed by atoms with Gasteiger partial charge in [0.25, 0.3) is 5.91 Å². The summed E-state index contributed by atoms with van der Waals surface area (Å²) in [5.41, 5.74) is 4.21. The lowest BCUT2D eigenvalue weighted by molar-refractivity contribution is -0.929. The second-order valence-electron chi connectivity index (χ2n) is 8.95. The molecule has 0 saturated heterocycles. The zero-order chi connectivity index (χ0) is 25.5. The zero-order valence-electron chi connectivity index (χ0n) is 20.3. The Morgan fingerprint density at radius 3 is 2.43 bits per heavy atom. The van der Waals surface area contributed by atoms with Crippen LogP contribution in [-0.2, 0) is 30.9 Å². The Bertz CT molecular complexity index is 1420. The number of hydrogen-bond acceptors (Lipinski definition) is 5. The Balaban J connectivity index is 1.19. The fourth-order valence-corrected chi connectivity index (χ4v) is 5.27. The van der Waals surface area contributed by atoms with Crippen molar-refractivity contribution in [2.45, 2.75) is 26.1 Å². The molecule has 1 unspecified atom stereocenters. The predicted octanol–water partition coefficient (Wildman–Crippen LogP) is 4.41. The number of fused-ring (bicyclic) bond motifs is 1. The molecule has 0 saturated carbocycles. The molecular weight excluding hydrogens is 480 g/mol. The molecule has 1 aliphatic heterocycles. The predicted molar refractivity (Wildman–Crippen MR) is 145 cm³/mol. The minimum Gasteiger partial charge on any atom is -0.489 e. The quantitative estimate of drug-likeness (QED) is 0.274. The van der Waals surface area contributed by atoms with Crippen LogP contribution >= 0.6 is 11.3 Å². The van der Waals surface area contributed by atoms with E-state index in [0.29, 0.717) is 11.7 Å². The van der Waals surface area contributed by atoms with E-state index in [2.05, 4.69) is 34.6 Å². The Morgan fingerprint density at radius 2 is 1.73 bits per heavy atom. The molecule has 1 aliphatic rings. The van der Waals surface area contributed by atoms with Gasteiger partial charge in [0, 0.05) is 16.9 Å². The molecule has 6 nitrogen and oxygen atoms in total. The molecule has 0 spiro atoms. The third kappa shape index (κ3) is 6.50. The van der Waals surface area contributed by atoms with Gasteiger partial charge in [-0.2, -0.15) is 5.26 Å². The van der Waals surface area contributed by atoms with Gasteiger partial charge in [-0.3, -0.25) is 10.1 Å². The summed E-state index contributed by atoms with van der Waals surface area (Å²) in [7, 11) is 0. The number of thiazole rings is 1. The van der Waals surface area contributed by atoms with E-state index in [9.17, 15) is 10.1 Å². The number of ether oxygens (including phenoxy) is 1. The Morgan fingerprint density at radius 1 is 1.03 bits per heavy atom. The van der Waals surface area contributed by atoms with E-state index in [1.807, 2.05) is 66.7 Å². The molecular formula is C30H27N4O2S+. The maximum absolute atomic E-state index is 12.8. The van der Waals surface area contributed by atoms with Crippen LogP contribution in [0, 0.1) is 11.3 Å². The Labute approximate surface area is 220 Å². The van der Waals surface area contributed by atoms with Gasteiger partial charge in [-0.15, -0.1) is 11.3 Å². The van der Waals surface area contributed by atoms with E-state index >= 15 is 0 Å². The molecule has 0 aliphatic carbocycles. The smallest absolute Gasteiger partial charge is 0.268 e. The van der Waals surface area contributed by atoms with Crippen molar-refractivity contribution >= 4 is 28.5 Å². The lowest BCUT2D eigenvalue weighted by Crippen LogP contribution is -3.10. The van der Waals surface area contributed by atoms with Crippen LogP contribution in [0.5, 0.6) is 5.75 Å². The summed E-state index contributed by atoms with van der Waals surface area (Å²) >= 11 is 1.50. The summed E-state index contributed by atoms with van der Waals surface area (Å²) in [4.78, 5) is 20.2. The van der Waals surface area contributed by atoms with E-state index < -0.39 is 5.91 Å². The van der Waals surface area contributed by atoms with Crippen LogP contribution in [0.2, 0.25) is 0 Å². The molecule has 0 bridgehead atoms. The number of hydrogen-bond donors (Lipinski definition) is 2. The maximum atomic E-state index is 12.8. The third-order valence-corrected chi connectivity index (χ3v) is 7.30. The Hall–Kier alpha value is -4.25. The van der Waals surface area contributed by atoms with Crippen LogP contribution in [0.3, 0.4) is 0 Å². The molecule has 1 atom stereocenters. The van der Waals surface area contributed by atoms with Gasteiger partial charge < -0.3 is 9.64 Å². The van der Waals surface area contributed by atoms with Crippen LogP contribution < -0.4 is 15.0 Å². The first-order valence-corrected chi connectivity index (χ1v) is 13.0. The second kappa shape index (κ2) is 11.7. The highest BCUT2D eigenvalue weighted by atomic mass is 32.1. The molecule has 2 heterocycles. The molecule has 2 N–H and O–H groups in total. The van der Waals surface area contributed by atoms with E-state index in [4.69, 9.17) is 4.74 Å². The minimum absolute atomic E-state index is 0.0301. The van der Waals surface area contributed by atoms with Crippen molar-refractivity contribution in [1.82, 2.24) is 4.98 Å². The molecule has 37 heavy (non-hydrogen) atoms. The van der Waals surface area contributed by atoms with Gasteiger partial charge in [0.2, 0.25) is 0 Å². The number of carbonyl (C=O) groups is 1. The summed E-state index contributed by atoms with van der Waals surface area (Å²) in [6, 6.07) is 29.7. The topological polar surface area (TPSA) is 79.4 Å². The molecule has 7 heteroatoms. The molecule has 0 fully saturated rings. The molecule has 184 valence electrons. The number of quaternary nitrogens is 1. The zero-order valence-corrected chi connectivity index (χ0v) is 21.1. The van der Waals surface area contributed by atoms with Crippen molar-refractivity contribution < 1.29 is 14.4 Å². The van der Waals surface area contributed by atoms with Gasteiger partial charge >= 0.3 is 0 Å². The summed E-state index contributed by atoms with van der Waals surface area (Å²) in [6.07, 6.45) is 2.51. The number of amides is 1. The monoisotopic (exact) mass is 507 g/mol. The average Bonchev–Trinajstić information content (AvgIpc) is 3.33. The molecule has 3 aromatic carbocycles. The summed E-state index contributed by atoms with van der Waals surface area (Å²) < 4.78 is 5.81. The fourth-order valence-electron chi connectivity index (χ4n) is 4.30. The molecule has 0 radical (unpaired) electrons. The number of anilines is 1. The van der Waals surface area contributed by atoms with Crippen LogP contribution in [0.4, 0.5) is 5.13 Å². The van der Waals surface area contributed by atoms with Crippen molar-refractivity contribution in [3.63, 3.8) is 0 Å². The van der Waals surface area contributed by atoms with Gasteiger partial charge in [0.05, 0.1) is 6.54 Å². The lowest BCUT2D eigenvalue weighted by Gasteiger charge is -2.22. The fraction of sp³-hybridized carbons (Fsp3) is 0.167. The van der Waals surface area contributed by atoms with E-state index in [1.54, 1.807) is 6.08 Å². The SMILES string of the molecule is N#C/C(=C\c1ccc(OCc2ccccc2)cc1)C(=O)Nc1nc2c(s1)CC[NH+](Cc1ccccc1)C2. The van der Waals surface area contributed by atoms with Gasteiger partial charge in [-0.05, 0) is 29.3 Å². The van der Waals surface area contributed by atoms with Gasteiger partial charge in [0.15, 0.2) is 5.13 Å². The van der Waals surface area contributed by atoms with Crippen molar-refractivity contribution in [3.8, 4) is 11.8 Å². The lowest BCUT2D eigenvalue weighted by atomic mass is 10.1. The largest absolute Gasteiger partial charge is 0.489 e. The van der Waals surface area contributed by atoms with Crippen LogP contribution in [-0.4, -0.2) is 17.4 Å². The standard InChI is InChI=1S/C30H26N4O2S/c31-18-25(17-22-11-13-26(14-12-22)36-21-24-9-5-2-6-10-24)29(35)33-30-32-27-20-34(16-15-28(27)37-30)19-23-7-3-1-4-8-23/h1-14,17H,15-16,19-21H2,(H,32,33,35)/p+1/b25-17+. The van der Waals surface area contributed by atoms with Crippen molar-refractivity contribution in [2.24, 2.45) is 0 Å². The number of nitriles is 1. The highest BCUT2D eigenvalue weighted by molar-refractivity contribution is 7.15. The van der Waals surface area contributed by atoms with Crippen LogP contribution in [0.25, 0.3) is 6.08 Å². The van der Waals surface area contributed by atoms with Crippen LogP contribution in [0.15, 0.2) is 90.5 Å². The first-order chi connectivity index (χ1) is 18.2. The number of nitrogens with one attached hydrogen (secondary N) is 2. The number of carbonyl (C=O) groups excluding carboxylic acids is 1. The summed E-state index contributed by atoms with van der Waals surface area (Å²) in [6.45, 7) is 3.30. The van der Waals surface area contributed by atoms with Gasteiger partial charge in [-0.1, -0.05) is 72.8 Å². The Kier molecular flexibility index (Phi) is 7.70. The molecule has 4 aromatic rings. The average molecular weight is 508 g/mol.